The van der Waals surface area contributed by atoms with Crippen LogP contribution in [0.2, 0.25) is 10.0 Å². The zero-order chi connectivity index (χ0) is 15.1. The normalized spacial score (nSPS) is 11.0. The second-order valence-corrected chi connectivity index (χ2v) is 5.02. The van der Waals surface area contributed by atoms with Crippen molar-refractivity contribution in [1.82, 2.24) is 15.0 Å². The van der Waals surface area contributed by atoms with Gasteiger partial charge in [-0.2, -0.15) is 0 Å². The second kappa shape index (κ2) is 4.98. The first-order valence-electron chi connectivity index (χ1n) is 5.71. The van der Waals surface area contributed by atoms with Crippen LogP contribution in [-0.4, -0.2) is 26.1 Å². The predicted molar refractivity (Wildman–Crippen MR) is 75.8 cm³/mol. The van der Waals surface area contributed by atoms with Gasteiger partial charge in [-0.25, -0.2) is 13.9 Å². The van der Waals surface area contributed by atoms with E-state index in [-0.39, 0.29) is 21.1 Å². The zero-order valence-electron chi connectivity index (χ0n) is 10.2. The highest BCUT2D eigenvalue weighted by atomic mass is 35.5. The number of hydrogen-bond acceptors (Lipinski definition) is 3. The zero-order valence-corrected chi connectivity index (χ0v) is 11.7. The molecule has 0 amide bonds. The largest absolute Gasteiger partial charge is 0.478 e. The van der Waals surface area contributed by atoms with Crippen molar-refractivity contribution >= 4 is 40.2 Å². The van der Waals surface area contributed by atoms with Gasteiger partial charge in [-0.05, 0) is 24.3 Å². The average Bonchev–Trinajstić information content (AvgIpc) is 2.87. The van der Waals surface area contributed by atoms with Crippen molar-refractivity contribution in [2.75, 3.05) is 0 Å². The molecule has 0 aliphatic heterocycles. The van der Waals surface area contributed by atoms with Gasteiger partial charge in [0.1, 0.15) is 5.52 Å². The lowest BCUT2D eigenvalue weighted by atomic mass is 10.2. The molecule has 0 saturated carbocycles. The maximum absolute atomic E-state index is 13.4. The Hall–Kier alpha value is -2.18. The monoisotopic (exact) mass is 325 g/mol. The maximum atomic E-state index is 13.4. The number of rotatable bonds is 2. The first kappa shape index (κ1) is 13.8. The molecule has 3 aromatic rings. The fourth-order valence-corrected chi connectivity index (χ4v) is 2.45. The molecule has 0 fully saturated rings. The molecule has 0 atom stereocenters. The van der Waals surface area contributed by atoms with Crippen LogP contribution in [0.25, 0.3) is 16.7 Å². The third-order valence-corrected chi connectivity index (χ3v) is 3.47. The molecule has 1 aromatic heterocycles. The van der Waals surface area contributed by atoms with Crippen molar-refractivity contribution in [2.45, 2.75) is 0 Å². The molecular weight excluding hydrogens is 320 g/mol. The molecule has 0 aliphatic rings. The van der Waals surface area contributed by atoms with Gasteiger partial charge < -0.3 is 5.11 Å². The lowest BCUT2D eigenvalue weighted by molar-refractivity contribution is 0.0699. The van der Waals surface area contributed by atoms with Crippen LogP contribution in [0.4, 0.5) is 4.39 Å². The Bertz CT molecular complexity index is 856. The van der Waals surface area contributed by atoms with Crippen molar-refractivity contribution < 1.29 is 14.3 Å². The summed E-state index contributed by atoms with van der Waals surface area (Å²) in [6.07, 6.45) is 0. The Morgan fingerprint density at radius 3 is 2.52 bits per heavy atom. The van der Waals surface area contributed by atoms with Crippen LogP contribution in [0.15, 0.2) is 30.3 Å². The van der Waals surface area contributed by atoms with Gasteiger partial charge in [0.25, 0.3) is 0 Å². The molecule has 0 aliphatic carbocycles. The maximum Gasteiger partial charge on any atom is 0.338 e. The predicted octanol–water partition coefficient (Wildman–Crippen LogP) is 3.56. The molecular formula is C13H6Cl2FN3O2. The van der Waals surface area contributed by atoms with Crippen LogP contribution in [0.1, 0.15) is 10.4 Å². The van der Waals surface area contributed by atoms with E-state index in [1.54, 1.807) is 12.1 Å². The number of nitrogens with zero attached hydrogens (tertiary/aromatic N) is 3. The molecule has 0 spiro atoms. The topological polar surface area (TPSA) is 68.0 Å². The highest BCUT2D eigenvalue weighted by molar-refractivity contribution is 6.35. The van der Waals surface area contributed by atoms with Crippen LogP contribution in [-0.2, 0) is 0 Å². The summed E-state index contributed by atoms with van der Waals surface area (Å²) in [5.74, 6) is -1.83. The minimum atomic E-state index is -1.11. The van der Waals surface area contributed by atoms with Gasteiger partial charge in [-0.3, -0.25) is 0 Å². The summed E-state index contributed by atoms with van der Waals surface area (Å²) >= 11 is 11.5. The van der Waals surface area contributed by atoms with Crippen molar-refractivity contribution in [2.24, 2.45) is 0 Å². The number of aromatic carboxylic acids is 1. The molecule has 1 heterocycles. The van der Waals surface area contributed by atoms with Crippen molar-refractivity contribution in [1.29, 1.82) is 0 Å². The van der Waals surface area contributed by atoms with Crippen LogP contribution in [0.3, 0.4) is 0 Å². The summed E-state index contributed by atoms with van der Waals surface area (Å²) < 4.78 is 14.8. The van der Waals surface area contributed by atoms with Gasteiger partial charge in [0.15, 0.2) is 5.82 Å². The van der Waals surface area contributed by atoms with Gasteiger partial charge in [0.2, 0.25) is 0 Å². The summed E-state index contributed by atoms with van der Waals surface area (Å²) in [6, 6.07) is 7.31. The van der Waals surface area contributed by atoms with Gasteiger partial charge >= 0.3 is 5.97 Å². The summed E-state index contributed by atoms with van der Waals surface area (Å²) in [4.78, 5) is 11.1. The van der Waals surface area contributed by atoms with E-state index < -0.39 is 11.8 Å². The number of carboxylic acids is 1. The Labute approximate surface area is 127 Å². The van der Waals surface area contributed by atoms with E-state index in [0.29, 0.717) is 11.2 Å². The number of carbonyl (C=O) groups is 1. The van der Waals surface area contributed by atoms with E-state index in [0.717, 1.165) is 0 Å². The van der Waals surface area contributed by atoms with Crippen LogP contribution >= 0.6 is 23.2 Å². The average molecular weight is 326 g/mol. The Morgan fingerprint density at radius 1 is 1.24 bits per heavy atom. The molecule has 1 N–H and O–H groups in total. The quantitative estimate of drug-likeness (QED) is 0.731. The number of fused-ring (bicyclic) bond motifs is 1. The van der Waals surface area contributed by atoms with Gasteiger partial charge in [-0.1, -0.05) is 34.5 Å². The van der Waals surface area contributed by atoms with E-state index >= 15 is 0 Å². The molecule has 5 nitrogen and oxygen atoms in total. The summed E-state index contributed by atoms with van der Waals surface area (Å²) in [5.41, 5.74) is 1.09. The lowest BCUT2D eigenvalue weighted by Gasteiger charge is -2.05. The molecule has 0 saturated heterocycles. The summed E-state index contributed by atoms with van der Waals surface area (Å²) in [7, 11) is 0. The van der Waals surface area contributed by atoms with Crippen molar-refractivity contribution in [3.63, 3.8) is 0 Å². The highest BCUT2D eigenvalue weighted by Gasteiger charge is 2.16. The number of hydrogen-bond donors (Lipinski definition) is 1. The van der Waals surface area contributed by atoms with Gasteiger partial charge in [-0.15, -0.1) is 5.10 Å². The minimum Gasteiger partial charge on any atom is -0.478 e. The highest BCUT2D eigenvalue weighted by Crippen LogP contribution is 2.28. The molecule has 0 unspecified atom stereocenters. The lowest BCUT2D eigenvalue weighted by Crippen LogP contribution is -1.99. The third-order valence-electron chi connectivity index (χ3n) is 2.92. The van der Waals surface area contributed by atoms with E-state index in [2.05, 4.69) is 10.3 Å². The summed E-state index contributed by atoms with van der Waals surface area (Å²) in [5, 5.41) is 16.5. The van der Waals surface area contributed by atoms with Crippen LogP contribution in [0, 0.1) is 5.82 Å². The first-order chi connectivity index (χ1) is 9.99. The molecule has 3 rings (SSSR count). The molecule has 8 heteroatoms. The Kier molecular flexibility index (Phi) is 3.27. The van der Waals surface area contributed by atoms with Crippen molar-refractivity contribution in [3.8, 4) is 5.69 Å². The van der Waals surface area contributed by atoms with Crippen molar-refractivity contribution in [3.05, 3.63) is 51.8 Å². The standard InChI is InChI=1S/C13H6Cl2FN3O2/c14-8-4-6(5-9(15)11(8)16)19-10-3-1-2-7(13(20)21)12(10)17-18-19/h1-5H,(H,20,21). The molecule has 2 aromatic carbocycles. The molecule has 0 radical (unpaired) electrons. The second-order valence-electron chi connectivity index (χ2n) is 4.20. The Balaban J connectivity index is 2.27. The molecule has 0 bridgehead atoms. The SMILES string of the molecule is O=C(O)c1cccc2c1nnn2-c1cc(Cl)c(F)c(Cl)c1. The third kappa shape index (κ3) is 2.22. The van der Waals surface area contributed by atoms with Crippen LogP contribution in [0.5, 0.6) is 0 Å². The number of carboxylic acid groups (broad SMARTS) is 1. The Morgan fingerprint density at radius 2 is 1.90 bits per heavy atom. The molecule has 21 heavy (non-hydrogen) atoms. The van der Waals surface area contributed by atoms with E-state index in [4.69, 9.17) is 28.3 Å². The van der Waals surface area contributed by atoms with Crippen LogP contribution < -0.4 is 0 Å². The fraction of sp³-hybridized carbons (Fsp3) is 0. The van der Waals surface area contributed by atoms with E-state index in [1.807, 2.05) is 0 Å². The molecule has 106 valence electrons. The first-order valence-corrected chi connectivity index (χ1v) is 6.47. The van der Waals surface area contributed by atoms with Gasteiger partial charge in [0.05, 0.1) is 26.8 Å². The number of benzene rings is 2. The number of aromatic nitrogens is 3. The van der Waals surface area contributed by atoms with E-state index in [1.165, 1.54) is 22.9 Å². The van der Waals surface area contributed by atoms with Gasteiger partial charge in [0, 0.05) is 0 Å². The smallest absolute Gasteiger partial charge is 0.338 e. The summed E-state index contributed by atoms with van der Waals surface area (Å²) in [6.45, 7) is 0. The van der Waals surface area contributed by atoms with E-state index in [9.17, 15) is 9.18 Å². The number of halogens is 3. The minimum absolute atomic E-state index is 0.0260. The fourth-order valence-electron chi connectivity index (χ4n) is 1.97.